The van der Waals surface area contributed by atoms with Gasteiger partial charge in [-0.25, -0.2) is 4.39 Å². The summed E-state index contributed by atoms with van der Waals surface area (Å²) in [5.74, 6) is -0.773. The van der Waals surface area contributed by atoms with Crippen LogP contribution >= 0.6 is 0 Å². The largest absolute Gasteiger partial charge is 0.469 e. The Morgan fingerprint density at radius 1 is 1.29 bits per heavy atom. The predicted octanol–water partition coefficient (Wildman–Crippen LogP) is 2.74. The SMILES string of the molecule is COC(=O)CC(NC(=O)C1CCCC1)c1ccc(F)cc1. The second kappa shape index (κ2) is 7.20. The molecule has 2 rings (SSSR count). The summed E-state index contributed by atoms with van der Waals surface area (Å²) < 4.78 is 17.7. The van der Waals surface area contributed by atoms with Crippen molar-refractivity contribution in [2.24, 2.45) is 5.92 Å². The highest BCUT2D eigenvalue weighted by Crippen LogP contribution is 2.26. The van der Waals surface area contributed by atoms with Crippen LogP contribution in [0.4, 0.5) is 4.39 Å². The summed E-state index contributed by atoms with van der Waals surface area (Å²) in [6, 6.07) is 5.32. The minimum absolute atomic E-state index is 0.0191. The Bertz CT molecular complexity index is 495. The molecule has 0 aromatic heterocycles. The Balaban J connectivity index is 2.09. The molecule has 1 aromatic carbocycles. The molecule has 0 heterocycles. The van der Waals surface area contributed by atoms with Gasteiger partial charge in [0.05, 0.1) is 19.6 Å². The number of halogens is 1. The number of carbonyl (C=O) groups is 2. The number of carbonyl (C=O) groups excluding carboxylic acids is 2. The molecule has 5 heteroatoms. The normalized spacial score (nSPS) is 16.5. The lowest BCUT2D eigenvalue weighted by atomic mass is 10.0. The molecule has 1 amide bonds. The number of nitrogens with one attached hydrogen (secondary N) is 1. The predicted molar refractivity (Wildman–Crippen MR) is 75.9 cm³/mol. The van der Waals surface area contributed by atoms with Crippen LogP contribution in [0.5, 0.6) is 0 Å². The van der Waals surface area contributed by atoms with Crippen molar-refractivity contribution in [1.82, 2.24) is 5.32 Å². The highest BCUT2D eigenvalue weighted by Gasteiger charge is 2.26. The van der Waals surface area contributed by atoms with Gasteiger partial charge in [0.1, 0.15) is 5.82 Å². The molecule has 1 aliphatic rings. The monoisotopic (exact) mass is 293 g/mol. The summed E-state index contributed by atoms with van der Waals surface area (Å²) in [5.41, 5.74) is 0.702. The molecule has 0 radical (unpaired) electrons. The fraction of sp³-hybridized carbons (Fsp3) is 0.500. The maximum absolute atomic E-state index is 13.0. The Morgan fingerprint density at radius 3 is 2.48 bits per heavy atom. The second-order valence-electron chi connectivity index (χ2n) is 5.37. The van der Waals surface area contributed by atoms with Gasteiger partial charge in [-0.2, -0.15) is 0 Å². The van der Waals surface area contributed by atoms with Crippen molar-refractivity contribution in [2.45, 2.75) is 38.1 Å². The van der Waals surface area contributed by atoms with Gasteiger partial charge in [0.15, 0.2) is 0 Å². The van der Waals surface area contributed by atoms with E-state index < -0.39 is 12.0 Å². The summed E-state index contributed by atoms with van der Waals surface area (Å²) in [5, 5.41) is 2.90. The van der Waals surface area contributed by atoms with Crippen molar-refractivity contribution in [2.75, 3.05) is 7.11 Å². The zero-order valence-corrected chi connectivity index (χ0v) is 12.1. The Hall–Kier alpha value is -1.91. The number of hydrogen-bond donors (Lipinski definition) is 1. The molecule has 21 heavy (non-hydrogen) atoms. The topological polar surface area (TPSA) is 55.4 Å². The van der Waals surface area contributed by atoms with Crippen molar-refractivity contribution in [3.05, 3.63) is 35.6 Å². The van der Waals surface area contributed by atoms with Crippen LogP contribution in [-0.4, -0.2) is 19.0 Å². The average Bonchev–Trinajstić information content (AvgIpc) is 3.01. The van der Waals surface area contributed by atoms with Crippen molar-refractivity contribution in [3.63, 3.8) is 0 Å². The Kier molecular flexibility index (Phi) is 5.31. The summed E-state index contributed by atoms with van der Waals surface area (Å²) in [6.45, 7) is 0. The molecule has 1 fully saturated rings. The van der Waals surface area contributed by atoms with Crippen LogP contribution in [0, 0.1) is 11.7 Å². The third-order valence-electron chi connectivity index (χ3n) is 3.91. The van der Waals surface area contributed by atoms with E-state index in [1.165, 1.54) is 19.2 Å². The van der Waals surface area contributed by atoms with E-state index in [0.29, 0.717) is 5.56 Å². The maximum atomic E-state index is 13.0. The van der Waals surface area contributed by atoms with Crippen LogP contribution in [-0.2, 0) is 14.3 Å². The number of amides is 1. The number of methoxy groups -OCH3 is 1. The summed E-state index contributed by atoms with van der Waals surface area (Å²) >= 11 is 0. The highest BCUT2D eigenvalue weighted by atomic mass is 19.1. The fourth-order valence-corrected chi connectivity index (χ4v) is 2.67. The van der Waals surface area contributed by atoms with Gasteiger partial charge in [0.25, 0.3) is 0 Å². The number of ether oxygens (including phenoxy) is 1. The molecule has 1 aromatic rings. The van der Waals surface area contributed by atoms with Gasteiger partial charge in [-0.1, -0.05) is 25.0 Å². The lowest BCUT2D eigenvalue weighted by Crippen LogP contribution is -2.34. The van der Waals surface area contributed by atoms with E-state index in [2.05, 4.69) is 10.1 Å². The van der Waals surface area contributed by atoms with Crippen LogP contribution < -0.4 is 5.32 Å². The molecule has 0 saturated heterocycles. The lowest BCUT2D eigenvalue weighted by molar-refractivity contribution is -0.141. The quantitative estimate of drug-likeness (QED) is 0.849. The van der Waals surface area contributed by atoms with Crippen molar-refractivity contribution in [1.29, 1.82) is 0 Å². The van der Waals surface area contributed by atoms with Crippen LogP contribution in [0.3, 0.4) is 0 Å². The van der Waals surface area contributed by atoms with Crippen molar-refractivity contribution >= 4 is 11.9 Å². The minimum Gasteiger partial charge on any atom is -0.469 e. The number of rotatable bonds is 5. The molecule has 114 valence electrons. The van der Waals surface area contributed by atoms with E-state index >= 15 is 0 Å². The molecule has 4 nitrogen and oxygen atoms in total. The molecule has 1 saturated carbocycles. The van der Waals surface area contributed by atoms with Crippen molar-refractivity contribution in [3.8, 4) is 0 Å². The summed E-state index contributed by atoms with van der Waals surface area (Å²) in [6.07, 6.45) is 3.95. The van der Waals surface area contributed by atoms with Gasteiger partial charge in [0, 0.05) is 5.92 Å². The average molecular weight is 293 g/mol. The molecule has 1 aliphatic carbocycles. The first-order valence-electron chi connectivity index (χ1n) is 7.23. The van der Waals surface area contributed by atoms with Gasteiger partial charge >= 0.3 is 5.97 Å². The van der Waals surface area contributed by atoms with Gasteiger partial charge in [-0.3, -0.25) is 9.59 Å². The van der Waals surface area contributed by atoms with E-state index in [1.807, 2.05) is 0 Å². The van der Waals surface area contributed by atoms with Gasteiger partial charge < -0.3 is 10.1 Å². The highest BCUT2D eigenvalue weighted by molar-refractivity contribution is 5.80. The number of hydrogen-bond acceptors (Lipinski definition) is 3. The Morgan fingerprint density at radius 2 is 1.90 bits per heavy atom. The number of esters is 1. The summed E-state index contributed by atoms with van der Waals surface area (Å²) in [7, 11) is 1.31. The molecule has 0 aliphatic heterocycles. The van der Waals surface area contributed by atoms with Gasteiger partial charge in [-0.05, 0) is 30.5 Å². The van der Waals surface area contributed by atoms with Gasteiger partial charge in [-0.15, -0.1) is 0 Å². The lowest BCUT2D eigenvalue weighted by Gasteiger charge is -2.20. The van der Waals surface area contributed by atoms with Gasteiger partial charge in [0.2, 0.25) is 5.91 Å². The van der Waals surface area contributed by atoms with Crippen LogP contribution in [0.15, 0.2) is 24.3 Å². The van der Waals surface area contributed by atoms with E-state index in [-0.39, 0.29) is 24.1 Å². The maximum Gasteiger partial charge on any atom is 0.307 e. The Labute approximate surface area is 123 Å². The first kappa shape index (κ1) is 15.5. The number of benzene rings is 1. The molecule has 1 unspecified atom stereocenters. The van der Waals surface area contributed by atoms with Crippen LogP contribution in [0.25, 0.3) is 0 Å². The summed E-state index contributed by atoms with van der Waals surface area (Å²) in [4.78, 5) is 23.7. The van der Waals surface area contributed by atoms with E-state index in [9.17, 15) is 14.0 Å². The molecular formula is C16H20FNO3. The van der Waals surface area contributed by atoms with E-state index in [4.69, 9.17) is 0 Å². The van der Waals surface area contributed by atoms with Crippen LogP contribution in [0.1, 0.15) is 43.7 Å². The third kappa shape index (κ3) is 4.28. The molecule has 0 spiro atoms. The fourth-order valence-electron chi connectivity index (χ4n) is 2.67. The molecule has 0 bridgehead atoms. The first-order valence-corrected chi connectivity index (χ1v) is 7.23. The first-order chi connectivity index (χ1) is 10.1. The van der Waals surface area contributed by atoms with E-state index in [1.54, 1.807) is 12.1 Å². The molecular weight excluding hydrogens is 273 g/mol. The minimum atomic E-state index is -0.480. The second-order valence-corrected chi connectivity index (χ2v) is 5.37. The zero-order valence-electron chi connectivity index (χ0n) is 12.1. The zero-order chi connectivity index (χ0) is 15.2. The molecule has 1 N–H and O–H groups in total. The van der Waals surface area contributed by atoms with Crippen LogP contribution in [0.2, 0.25) is 0 Å². The van der Waals surface area contributed by atoms with E-state index in [0.717, 1.165) is 25.7 Å². The standard InChI is InChI=1S/C16H20FNO3/c1-21-15(19)10-14(11-6-8-13(17)9-7-11)18-16(20)12-4-2-3-5-12/h6-9,12,14H,2-5,10H2,1H3,(H,18,20). The third-order valence-corrected chi connectivity index (χ3v) is 3.91. The smallest absolute Gasteiger partial charge is 0.307 e. The molecule has 1 atom stereocenters. The van der Waals surface area contributed by atoms with Crippen molar-refractivity contribution < 1.29 is 18.7 Å².